The number of aromatic nitrogens is 3. The van der Waals surface area contributed by atoms with Crippen LogP contribution in [0.3, 0.4) is 0 Å². The number of rotatable bonds is 4. The molecule has 0 radical (unpaired) electrons. The Morgan fingerprint density at radius 3 is 2.38 bits per heavy atom. The lowest BCUT2D eigenvalue weighted by Gasteiger charge is -2.47. The fourth-order valence-corrected chi connectivity index (χ4v) is 6.19. The number of hydrogen-bond acceptors (Lipinski definition) is 6. The highest BCUT2D eigenvalue weighted by Crippen LogP contribution is 2.42. The first kappa shape index (κ1) is 23.6. The van der Waals surface area contributed by atoms with E-state index in [4.69, 9.17) is 0 Å². The molecule has 0 saturated carbocycles. The first-order chi connectivity index (χ1) is 18.1. The van der Waals surface area contributed by atoms with Crippen molar-refractivity contribution < 1.29 is 9.59 Å². The van der Waals surface area contributed by atoms with E-state index >= 15 is 0 Å². The number of pyridine rings is 1. The van der Waals surface area contributed by atoms with E-state index in [1.807, 2.05) is 29.4 Å². The van der Waals surface area contributed by atoms with Crippen LogP contribution in [-0.2, 0) is 6.42 Å². The zero-order valence-corrected chi connectivity index (χ0v) is 21.0. The summed E-state index contributed by atoms with van der Waals surface area (Å²) in [4.78, 5) is 42.8. The summed E-state index contributed by atoms with van der Waals surface area (Å²) < 4.78 is 0. The van der Waals surface area contributed by atoms with Crippen molar-refractivity contribution in [1.29, 1.82) is 0 Å². The first-order valence-electron chi connectivity index (χ1n) is 13.2. The van der Waals surface area contributed by atoms with Crippen molar-refractivity contribution in [3.63, 3.8) is 0 Å². The molecule has 2 aromatic heterocycles. The quantitative estimate of drug-likeness (QED) is 0.591. The van der Waals surface area contributed by atoms with Gasteiger partial charge >= 0.3 is 0 Å². The van der Waals surface area contributed by atoms with Crippen LogP contribution in [-0.4, -0.2) is 57.8 Å². The Morgan fingerprint density at radius 2 is 1.65 bits per heavy atom. The summed E-state index contributed by atoms with van der Waals surface area (Å²) in [5.41, 5.74) is 4.84. The van der Waals surface area contributed by atoms with Crippen molar-refractivity contribution in [2.45, 2.75) is 44.6 Å². The van der Waals surface area contributed by atoms with E-state index < -0.39 is 0 Å². The largest absolute Gasteiger partial charge is 0.371 e. The molecule has 8 nitrogen and oxygen atoms in total. The Hall–Kier alpha value is -3.81. The van der Waals surface area contributed by atoms with Gasteiger partial charge in [-0.2, -0.15) is 0 Å². The van der Waals surface area contributed by atoms with Gasteiger partial charge in [-0.05, 0) is 79.3 Å². The molecule has 3 aromatic rings. The van der Waals surface area contributed by atoms with Gasteiger partial charge in [0.25, 0.3) is 11.8 Å². The molecule has 3 aliphatic rings. The molecular formula is C29H32N6O2. The summed E-state index contributed by atoms with van der Waals surface area (Å²) in [5.74, 6) is -0.142. The maximum absolute atomic E-state index is 13.5. The molecule has 1 unspecified atom stereocenters. The van der Waals surface area contributed by atoms with Gasteiger partial charge in [0.15, 0.2) is 0 Å². The van der Waals surface area contributed by atoms with Crippen molar-refractivity contribution >= 4 is 17.5 Å². The van der Waals surface area contributed by atoms with Gasteiger partial charge in [-0.3, -0.25) is 19.6 Å². The number of nitrogens with zero attached hydrogens (tertiary/aromatic N) is 5. The number of piperidine rings is 2. The lowest BCUT2D eigenvalue weighted by molar-refractivity contribution is 0.0515. The van der Waals surface area contributed by atoms with Gasteiger partial charge in [-0.25, -0.2) is 4.98 Å². The summed E-state index contributed by atoms with van der Waals surface area (Å²) in [6.45, 7) is 3.73. The molecule has 6 rings (SSSR count). The van der Waals surface area contributed by atoms with Gasteiger partial charge in [0.2, 0.25) is 0 Å². The lowest BCUT2D eigenvalue weighted by Crippen LogP contribution is -2.48. The second kappa shape index (κ2) is 9.92. The van der Waals surface area contributed by atoms with Gasteiger partial charge < -0.3 is 15.1 Å². The van der Waals surface area contributed by atoms with Crippen LogP contribution in [0.5, 0.6) is 0 Å². The summed E-state index contributed by atoms with van der Waals surface area (Å²) in [7, 11) is 0. The smallest absolute Gasteiger partial charge is 0.271 e. The molecule has 190 valence electrons. The number of nitrogens with one attached hydrogen (secondary N) is 1. The number of fused-ring (bicyclic) bond motifs is 1. The highest BCUT2D eigenvalue weighted by molar-refractivity contribution is 5.95. The Bertz CT molecular complexity index is 1260. The van der Waals surface area contributed by atoms with Crippen LogP contribution < -0.4 is 10.2 Å². The Balaban J connectivity index is 1.07. The predicted molar refractivity (Wildman–Crippen MR) is 140 cm³/mol. The number of likely N-dealkylation sites (tertiary alicyclic amines) is 1. The molecule has 2 aliphatic heterocycles. The van der Waals surface area contributed by atoms with Gasteiger partial charge in [0, 0.05) is 62.2 Å². The number of carbonyl (C=O) groups excluding carboxylic acids is 2. The zero-order chi connectivity index (χ0) is 25.2. The number of benzene rings is 1. The highest BCUT2D eigenvalue weighted by atomic mass is 16.2. The molecule has 0 bridgehead atoms. The van der Waals surface area contributed by atoms with Crippen LogP contribution in [0, 0.1) is 5.41 Å². The van der Waals surface area contributed by atoms with Crippen LogP contribution in [0.25, 0.3) is 0 Å². The second-order valence-electron chi connectivity index (χ2n) is 10.6. The molecular weight excluding hydrogens is 464 g/mol. The first-order valence-corrected chi connectivity index (χ1v) is 13.2. The minimum atomic E-state index is -0.237. The molecule has 4 heterocycles. The van der Waals surface area contributed by atoms with Crippen molar-refractivity contribution in [2.24, 2.45) is 5.41 Å². The molecule has 1 N–H and O–H groups in total. The van der Waals surface area contributed by atoms with E-state index in [1.165, 1.54) is 36.5 Å². The van der Waals surface area contributed by atoms with E-state index in [-0.39, 0.29) is 17.9 Å². The molecule has 1 aliphatic carbocycles. The van der Waals surface area contributed by atoms with E-state index in [0.29, 0.717) is 16.7 Å². The lowest BCUT2D eigenvalue weighted by atomic mass is 9.71. The third kappa shape index (κ3) is 4.80. The Kier molecular flexibility index (Phi) is 6.32. The topological polar surface area (TPSA) is 91.3 Å². The molecule has 2 saturated heterocycles. The van der Waals surface area contributed by atoms with Crippen molar-refractivity contribution in [1.82, 2.24) is 25.2 Å². The average molecular weight is 497 g/mol. The maximum atomic E-state index is 13.5. The molecule has 1 aromatic carbocycles. The third-order valence-electron chi connectivity index (χ3n) is 8.54. The van der Waals surface area contributed by atoms with Crippen molar-refractivity contribution in [3.8, 4) is 0 Å². The molecule has 1 atom stereocenters. The second-order valence-corrected chi connectivity index (χ2v) is 10.6. The van der Waals surface area contributed by atoms with Gasteiger partial charge in [0.05, 0.1) is 12.2 Å². The number of hydrogen-bond donors (Lipinski definition) is 1. The van der Waals surface area contributed by atoms with E-state index in [1.54, 1.807) is 6.20 Å². The summed E-state index contributed by atoms with van der Waals surface area (Å²) in [5, 5.41) is 3.08. The third-order valence-corrected chi connectivity index (χ3v) is 8.54. The highest BCUT2D eigenvalue weighted by Gasteiger charge is 2.39. The SMILES string of the molecule is O=C(NC1CCc2ccc(C(=O)N3CCC4(CC3)CCN(c3ccncc3)CC4)cc21)c1cnccn1. The summed E-state index contributed by atoms with van der Waals surface area (Å²) in [6.07, 6.45) is 14.4. The predicted octanol–water partition coefficient (Wildman–Crippen LogP) is 3.81. The van der Waals surface area contributed by atoms with E-state index in [0.717, 1.165) is 57.4 Å². The van der Waals surface area contributed by atoms with Crippen LogP contribution in [0.15, 0.2) is 61.3 Å². The number of anilines is 1. The normalized spacial score (nSPS) is 20.5. The monoisotopic (exact) mass is 496 g/mol. The van der Waals surface area contributed by atoms with Crippen LogP contribution in [0.1, 0.15) is 70.1 Å². The van der Waals surface area contributed by atoms with Gasteiger partial charge in [-0.1, -0.05) is 6.07 Å². The Morgan fingerprint density at radius 1 is 0.892 bits per heavy atom. The van der Waals surface area contributed by atoms with Crippen molar-refractivity contribution in [3.05, 3.63) is 83.7 Å². The average Bonchev–Trinajstić information content (AvgIpc) is 3.36. The number of aryl methyl sites for hydroxylation is 1. The van der Waals surface area contributed by atoms with Gasteiger partial charge in [0.1, 0.15) is 5.69 Å². The number of carbonyl (C=O) groups is 2. The number of amides is 2. The molecule has 2 amide bonds. The Labute approximate surface area is 217 Å². The van der Waals surface area contributed by atoms with Crippen molar-refractivity contribution in [2.75, 3.05) is 31.1 Å². The minimum Gasteiger partial charge on any atom is -0.371 e. The van der Waals surface area contributed by atoms with E-state index in [9.17, 15) is 9.59 Å². The summed E-state index contributed by atoms with van der Waals surface area (Å²) >= 11 is 0. The van der Waals surface area contributed by atoms with Crippen LogP contribution >= 0.6 is 0 Å². The molecule has 8 heteroatoms. The molecule has 37 heavy (non-hydrogen) atoms. The fraction of sp³-hybridized carbons (Fsp3) is 0.414. The molecule has 2 fully saturated rings. The van der Waals surface area contributed by atoms with Gasteiger partial charge in [-0.15, -0.1) is 0 Å². The molecule has 1 spiro atoms. The minimum absolute atomic E-state index is 0.0952. The van der Waals surface area contributed by atoms with Crippen LogP contribution in [0.2, 0.25) is 0 Å². The maximum Gasteiger partial charge on any atom is 0.271 e. The van der Waals surface area contributed by atoms with Crippen LogP contribution in [0.4, 0.5) is 5.69 Å². The summed E-state index contributed by atoms with van der Waals surface area (Å²) in [6, 6.07) is 10.0. The van der Waals surface area contributed by atoms with E-state index in [2.05, 4.69) is 43.4 Å². The fourth-order valence-electron chi connectivity index (χ4n) is 6.19. The zero-order valence-electron chi connectivity index (χ0n) is 21.0. The standard InChI is InChI=1S/C29H32N6O2/c36-27(26-20-31-13-14-32-26)33-25-4-3-21-1-2-22(19-24(21)25)28(37)35-17-9-29(10-18-35)7-15-34(16-8-29)23-5-11-30-12-6-23/h1-2,5-6,11-14,19-20,25H,3-4,7-10,15-18H2,(H,33,36).